The molecule has 0 amide bonds. The first-order valence-corrected chi connectivity index (χ1v) is 9.10. The topological polar surface area (TPSA) is 110 Å². The minimum atomic E-state index is -0.315. The summed E-state index contributed by atoms with van der Waals surface area (Å²) in [6, 6.07) is 5.46. The lowest BCUT2D eigenvalue weighted by atomic mass is 10.0. The van der Waals surface area contributed by atoms with Crippen LogP contribution in [0.25, 0.3) is 33.3 Å². The smallest absolute Gasteiger partial charge is 0.262 e. The van der Waals surface area contributed by atoms with E-state index in [-0.39, 0.29) is 18.8 Å². The van der Waals surface area contributed by atoms with Crippen molar-refractivity contribution in [3.8, 4) is 22.9 Å². The molecule has 0 bridgehead atoms. The summed E-state index contributed by atoms with van der Waals surface area (Å²) in [5, 5.41) is 9.34. The molecule has 0 fully saturated rings. The van der Waals surface area contributed by atoms with E-state index in [2.05, 4.69) is 15.0 Å². The quantitative estimate of drug-likeness (QED) is 0.502. The van der Waals surface area contributed by atoms with Crippen LogP contribution in [0.4, 0.5) is 0 Å². The van der Waals surface area contributed by atoms with E-state index >= 15 is 0 Å². The summed E-state index contributed by atoms with van der Waals surface area (Å²) in [5.41, 5.74) is 3.76. The third-order valence-electron chi connectivity index (χ3n) is 4.68. The molecule has 2 heterocycles. The standard InChI is InChI=1S/C21H20N4O4/c1-11-8-13(9-12(2)19(11)29-7-6-26)20-24-18-16(21(27)25-20)15(28-3)10-14-17(18)23-5-4-22-14/h4-5,8-10,26H,6-7H2,1-3H3,(H,24,25,27). The minimum absolute atomic E-state index is 0.0594. The number of aryl methyl sites for hydroxylation is 2. The van der Waals surface area contributed by atoms with Crippen molar-refractivity contribution in [2.45, 2.75) is 13.8 Å². The lowest BCUT2D eigenvalue weighted by Gasteiger charge is -2.14. The molecule has 0 saturated carbocycles. The summed E-state index contributed by atoms with van der Waals surface area (Å²) in [6.07, 6.45) is 3.15. The van der Waals surface area contributed by atoms with Gasteiger partial charge in [-0.15, -0.1) is 0 Å². The van der Waals surface area contributed by atoms with Crippen molar-refractivity contribution in [3.05, 3.63) is 52.1 Å². The summed E-state index contributed by atoms with van der Waals surface area (Å²) < 4.78 is 11.0. The Morgan fingerprint density at radius 2 is 1.79 bits per heavy atom. The number of nitrogens with one attached hydrogen (secondary N) is 1. The summed E-state index contributed by atoms with van der Waals surface area (Å²) in [6.45, 7) is 3.98. The van der Waals surface area contributed by atoms with Crippen LogP contribution < -0.4 is 15.0 Å². The molecule has 0 aliphatic rings. The molecule has 0 unspecified atom stereocenters. The Morgan fingerprint density at radius 3 is 2.48 bits per heavy atom. The van der Waals surface area contributed by atoms with Crippen molar-refractivity contribution in [3.63, 3.8) is 0 Å². The van der Waals surface area contributed by atoms with Gasteiger partial charge in [0.2, 0.25) is 0 Å². The summed E-state index contributed by atoms with van der Waals surface area (Å²) >= 11 is 0. The summed E-state index contributed by atoms with van der Waals surface area (Å²) in [5.74, 6) is 1.53. The molecule has 8 heteroatoms. The van der Waals surface area contributed by atoms with Gasteiger partial charge < -0.3 is 19.6 Å². The zero-order valence-corrected chi connectivity index (χ0v) is 16.3. The number of rotatable bonds is 5. The number of fused-ring (bicyclic) bond motifs is 3. The number of nitrogens with zero attached hydrogens (tertiary/aromatic N) is 3. The molecule has 0 saturated heterocycles. The predicted octanol–water partition coefficient (Wildman–Crippen LogP) is 2.53. The maximum Gasteiger partial charge on any atom is 0.262 e. The van der Waals surface area contributed by atoms with Crippen molar-refractivity contribution >= 4 is 21.9 Å². The monoisotopic (exact) mass is 392 g/mol. The molecule has 0 aliphatic carbocycles. The van der Waals surface area contributed by atoms with Crippen molar-refractivity contribution < 1.29 is 14.6 Å². The average Bonchev–Trinajstić information content (AvgIpc) is 2.72. The number of H-pyrrole nitrogens is 1. The van der Waals surface area contributed by atoms with Crippen LogP contribution in [-0.4, -0.2) is 45.4 Å². The van der Waals surface area contributed by atoms with Gasteiger partial charge in [0.25, 0.3) is 5.56 Å². The SMILES string of the molecule is COc1cc2nccnc2c2nc(-c3cc(C)c(OCCO)c(C)c3)[nH]c(=O)c12. The fourth-order valence-corrected chi connectivity index (χ4v) is 3.47. The van der Waals surface area contributed by atoms with Gasteiger partial charge in [-0.2, -0.15) is 0 Å². The average molecular weight is 392 g/mol. The van der Waals surface area contributed by atoms with Gasteiger partial charge in [0.15, 0.2) is 0 Å². The number of aromatic amines is 1. The van der Waals surface area contributed by atoms with Gasteiger partial charge in [-0.1, -0.05) is 0 Å². The molecule has 2 aromatic carbocycles. The zero-order chi connectivity index (χ0) is 20.5. The molecule has 2 aromatic heterocycles. The van der Waals surface area contributed by atoms with Crippen molar-refractivity contribution in [2.24, 2.45) is 0 Å². The maximum atomic E-state index is 12.9. The van der Waals surface area contributed by atoms with E-state index in [0.29, 0.717) is 39.3 Å². The first kappa shape index (κ1) is 18.8. The first-order valence-electron chi connectivity index (χ1n) is 9.10. The van der Waals surface area contributed by atoms with Gasteiger partial charge in [0, 0.05) is 24.0 Å². The van der Waals surface area contributed by atoms with E-state index in [1.165, 1.54) is 7.11 Å². The Balaban J connectivity index is 1.96. The van der Waals surface area contributed by atoms with Gasteiger partial charge in [-0.3, -0.25) is 14.8 Å². The first-order chi connectivity index (χ1) is 14.0. The molecular formula is C21H20N4O4. The second kappa shape index (κ2) is 7.48. The van der Waals surface area contributed by atoms with Crippen molar-refractivity contribution in [1.82, 2.24) is 19.9 Å². The fraction of sp³-hybridized carbons (Fsp3) is 0.238. The highest BCUT2D eigenvalue weighted by molar-refractivity contribution is 6.04. The number of hydrogen-bond donors (Lipinski definition) is 2. The van der Waals surface area contributed by atoms with Crippen LogP contribution in [0.15, 0.2) is 35.4 Å². The Bertz CT molecular complexity index is 1260. The van der Waals surface area contributed by atoms with Gasteiger partial charge in [-0.25, -0.2) is 4.98 Å². The van der Waals surface area contributed by atoms with Crippen molar-refractivity contribution in [2.75, 3.05) is 20.3 Å². The fourth-order valence-electron chi connectivity index (χ4n) is 3.47. The lowest BCUT2D eigenvalue weighted by molar-refractivity contribution is 0.200. The third kappa shape index (κ3) is 3.27. The molecule has 0 spiro atoms. The highest BCUT2D eigenvalue weighted by Crippen LogP contribution is 2.31. The lowest BCUT2D eigenvalue weighted by Crippen LogP contribution is -2.12. The van der Waals surface area contributed by atoms with Crippen LogP contribution in [0.5, 0.6) is 11.5 Å². The van der Waals surface area contributed by atoms with E-state index in [0.717, 1.165) is 16.7 Å². The summed E-state index contributed by atoms with van der Waals surface area (Å²) in [4.78, 5) is 29.1. The number of aliphatic hydroxyl groups is 1. The van der Waals surface area contributed by atoms with E-state index in [1.807, 2.05) is 26.0 Å². The van der Waals surface area contributed by atoms with Crippen LogP contribution in [0.1, 0.15) is 11.1 Å². The Hall–Kier alpha value is -3.52. The molecular weight excluding hydrogens is 372 g/mol. The molecule has 0 atom stereocenters. The van der Waals surface area contributed by atoms with Crippen LogP contribution in [0.3, 0.4) is 0 Å². The molecule has 29 heavy (non-hydrogen) atoms. The zero-order valence-electron chi connectivity index (χ0n) is 16.3. The molecule has 0 radical (unpaired) electrons. The van der Waals surface area contributed by atoms with Crippen LogP contribution in [-0.2, 0) is 0 Å². The number of aromatic nitrogens is 4. The van der Waals surface area contributed by atoms with Gasteiger partial charge in [0.1, 0.15) is 40.3 Å². The second-order valence-corrected chi connectivity index (χ2v) is 6.65. The molecule has 4 rings (SSSR count). The number of aliphatic hydroxyl groups excluding tert-OH is 1. The normalized spacial score (nSPS) is 11.2. The second-order valence-electron chi connectivity index (χ2n) is 6.65. The van der Waals surface area contributed by atoms with Crippen LogP contribution >= 0.6 is 0 Å². The predicted molar refractivity (Wildman–Crippen MR) is 110 cm³/mol. The van der Waals surface area contributed by atoms with E-state index in [1.54, 1.807) is 18.5 Å². The molecule has 4 aromatic rings. The van der Waals surface area contributed by atoms with E-state index in [9.17, 15) is 4.79 Å². The van der Waals surface area contributed by atoms with E-state index < -0.39 is 0 Å². The largest absolute Gasteiger partial charge is 0.496 e. The number of ether oxygens (including phenoxy) is 2. The summed E-state index contributed by atoms with van der Waals surface area (Å²) in [7, 11) is 1.50. The maximum absolute atomic E-state index is 12.9. The molecule has 8 nitrogen and oxygen atoms in total. The van der Waals surface area contributed by atoms with Gasteiger partial charge in [0.05, 0.1) is 19.2 Å². The molecule has 0 aliphatic heterocycles. The molecule has 2 N–H and O–H groups in total. The van der Waals surface area contributed by atoms with Crippen LogP contribution in [0, 0.1) is 13.8 Å². The highest BCUT2D eigenvalue weighted by atomic mass is 16.5. The number of benzene rings is 2. The van der Waals surface area contributed by atoms with Crippen LogP contribution in [0.2, 0.25) is 0 Å². The third-order valence-corrected chi connectivity index (χ3v) is 4.68. The minimum Gasteiger partial charge on any atom is -0.496 e. The van der Waals surface area contributed by atoms with Gasteiger partial charge in [-0.05, 0) is 37.1 Å². The van der Waals surface area contributed by atoms with E-state index in [4.69, 9.17) is 19.6 Å². The number of hydrogen-bond acceptors (Lipinski definition) is 7. The Kier molecular flexibility index (Phi) is 4.85. The Morgan fingerprint density at radius 1 is 1.07 bits per heavy atom. The van der Waals surface area contributed by atoms with Crippen molar-refractivity contribution in [1.29, 1.82) is 0 Å². The Labute approximate surface area is 166 Å². The van der Waals surface area contributed by atoms with Gasteiger partial charge >= 0.3 is 0 Å². The highest BCUT2D eigenvalue weighted by Gasteiger charge is 2.17. The number of methoxy groups -OCH3 is 1. The molecule has 148 valence electrons.